The molecule has 20 heavy (non-hydrogen) atoms. The molecular formula is C16H23ClN2O. The SMILES string of the molecule is CC1CCCC(NCC(=O)Nc2ccc(Cl)cc2)C1C. The van der Waals surface area contributed by atoms with Gasteiger partial charge in [0, 0.05) is 16.8 Å². The first-order chi connectivity index (χ1) is 9.56. The lowest BCUT2D eigenvalue weighted by molar-refractivity contribution is -0.115. The molecule has 0 aromatic heterocycles. The molecule has 1 fully saturated rings. The highest BCUT2D eigenvalue weighted by molar-refractivity contribution is 6.30. The van der Waals surface area contributed by atoms with Gasteiger partial charge in [-0.05, 0) is 42.5 Å². The second kappa shape index (κ2) is 7.09. The molecular weight excluding hydrogens is 272 g/mol. The quantitative estimate of drug-likeness (QED) is 0.889. The first-order valence-electron chi connectivity index (χ1n) is 7.35. The monoisotopic (exact) mass is 294 g/mol. The molecule has 1 aliphatic carbocycles. The van der Waals surface area contributed by atoms with Crippen LogP contribution in [0.15, 0.2) is 24.3 Å². The zero-order valence-corrected chi connectivity index (χ0v) is 12.9. The molecule has 1 aromatic carbocycles. The topological polar surface area (TPSA) is 41.1 Å². The number of carbonyl (C=O) groups is 1. The van der Waals surface area contributed by atoms with Gasteiger partial charge in [-0.2, -0.15) is 0 Å². The molecule has 1 amide bonds. The molecule has 0 aliphatic heterocycles. The predicted octanol–water partition coefficient (Wildman–Crippen LogP) is 3.69. The molecule has 110 valence electrons. The van der Waals surface area contributed by atoms with Crippen LogP contribution in [0.1, 0.15) is 33.1 Å². The molecule has 2 N–H and O–H groups in total. The fraction of sp³-hybridized carbons (Fsp3) is 0.562. The van der Waals surface area contributed by atoms with Gasteiger partial charge >= 0.3 is 0 Å². The number of amides is 1. The smallest absolute Gasteiger partial charge is 0.238 e. The molecule has 1 aromatic rings. The van der Waals surface area contributed by atoms with E-state index < -0.39 is 0 Å². The van der Waals surface area contributed by atoms with Crippen molar-refractivity contribution in [3.63, 3.8) is 0 Å². The highest BCUT2D eigenvalue weighted by Crippen LogP contribution is 2.29. The molecule has 1 saturated carbocycles. The average Bonchev–Trinajstić information content (AvgIpc) is 2.43. The van der Waals surface area contributed by atoms with Crippen LogP contribution in [0.3, 0.4) is 0 Å². The number of halogens is 1. The van der Waals surface area contributed by atoms with E-state index in [0.717, 1.165) is 11.6 Å². The summed E-state index contributed by atoms with van der Waals surface area (Å²) < 4.78 is 0. The molecule has 0 heterocycles. The van der Waals surface area contributed by atoms with Crippen LogP contribution >= 0.6 is 11.6 Å². The summed E-state index contributed by atoms with van der Waals surface area (Å²) >= 11 is 5.82. The summed E-state index contributed by atoms with van der Waals surface area (Å²) in [7, 11) is 0. The number of anilines is 1. The number of rotatable bonds is 4. The van der Waals surface area contributed by atoms with Crippen molar-refractivity contribution in [3.8, 4) is 0 Å². The van der Waals surface area contributed by atoms with Crippen molar-refractivity contribution in [2.45, 2.75) is 39.2 Å². The van der Waals surface area contributed by atoms with Crippen molar-refractivity contribution < 1.29 is 4.79 Å². The van der Waals surface area contributed by atoms with Gasteiger partial charge in [0.1, 0.15) is 0 Å². The number of hydrogen-bond donors (Lipinski definition) is 2. The van der Waals surface area contributed by atoms with Crippen LogP contribution in [0, 0.1) is 11.8 Å². The highest BCUT2D eigenvalue weighted by Gasteiger charge is 2.26. The van der Waals surface area contributed by atoms with Crippen LogP contribution in [0.2, 0.25) is 5.02 Å². The second-order valence-electron chi connectivity index (χ2n) is 5.81. The molecule has 2 rings (SSSR count). The van der Waals surface area contributed by atoms with Crippen molar-refractivity contribution in [2.24, 2.45) is 11.8 Å². The summed E-state index contributed by atoms with van der Waals surface area (Å²) in [5.74, 6) is 1.37. The first-order valence-corrected chi connectivity index (χ1v) is 7.73. The average molecular weight is 295 g/mol. The van der Waals surface area contributed by atoms with Gasteiger partial charge in [0.15, 0.2) is 0 Å². The summed E-state index contributed by atoms with van der Waals surface area (Å²) in [4.78, 5) is 11.9. The van der Waals surface area contributed by atoms with Crippen molar-refractivity contribution in [1.82, 2.24) is 5.32 Å². The van der Waals surface area contributed by atoms with Gasteiger partial charge < -0.3 is 10.6 Å². The lowest BCUT2D eigenvalue weighted by Crippen LogP contribution is -2.43. The maximum absolute atomic E-state index is 11.9. The lowest BCUT2D eigenvalue weighted by atomic mass is 9.78. The first kappa shape index (κ1) is 15.3. The molecule has 1 aliphatic rings. The van der Waals surface area contributed by atoms with E-state index in [-0.39, 0.29) is 5.91 Å². The minimum Gasteiger partial charge on any atom is -0.325 e. The largest absolute Gasteiger partial charge is 0.325 e. The Morgan fingerprint density at radius 2 is 1.95 bits per heavy atom. The van der Waals surface area contributed by atoms with Gasteiger partial charge in [0.2, 0.25) is 5.91 Å². The number of hydrogen-bond acceptors (Lipinski definition) is 2. The van der Waals surface area contributed by atoms with Crippen LogP contribution < -0.4 is 10.6 Å². The second-order valence-corrected chi connectivity index (χ2v) is 6.25. The molecule has 4 heteroatoms. The summed E-state index contributed by atoms with van der Waals surface area (Å²) in [5, 5.41) is 6.94. The minimum absolute atomic E-state index is 0.00208. The predicted molar refractivity (Wildman–Crippen MR) is 84.1 cm³/mol. The maximum Gasteiger partial charge on any atom is 0.238 e. The van der Waals surface area contributed by atoms with Crippen molar-refractivity contribution in [1.29, 1.82) is 0 Å². The lowest BCUT2D eigenvalue weighted by Gasteiger charge is -2.34. The van der Waals surface area contributed by atoms with Gasteiger partial charge in [0.25, 0.3) is 0 Å². The van der Waals surface area contributed by atoms with Crippen LogP contribution in [-0.4, -0.2) is 18.5 Å². The van der Waals surface area contributed by atoms with Crippen LogP contribution in [0.4, 0.5) is 5.69 Å². The molecule has 0 spiro atoms. The number of nitrogens with one attached hydrogen (secondary N) is 2. The van der Waals surface area contributed by atoms with Gasteiger partial charge in [-0.3, -0.25) is 4.79 Å². The van der Waals surface area contributed by atoms with Gasteiger partial charge in [-0.1, -0.05) is 38.3 Å². The van der Waals surface area contributed by atoms with E-state index in [1.165, 1.54) is 19.3 Å². The highest BCUT2D eigenvalue weighted by atomic mass is 35.5. The Hall–Kier alpha value is -1.06. The number of carbonyl (C=O) groups excluding carboxylic acids is 1. The van der Waals surface area contributed by atoms with E-state index in [0.29, 0.717) is 23.5 Å². The van der Waals surface area contributed by atoms with Crippen LogP contribution in [0.25, 0.3) is 0 Å². The summed E-state index contributed by atoms with van der Waals surface area (Å²) in [6.07, 6.45) is 3.72. The fourth-order valence-electron chi connectivity index (χ4n) is 2.83. The van der Waals surface area contributed by atoms with Crippen molar-refractivity contribution in [2.75, 3.05) is 11.9 Å². The van der Waals surface area contributed by atoms with E-state index in [9.17, 15) is 4.79 Å². The molecule has 3 nitrogen and oxygen atoms in total. The third-order valence-corrected chi connectivity index (χ3v) is 4.61. The Morgan fingerprint density at radius 1 is 1.25 bits per heavy atom. The maximum atomic E-state index is 11.9. The third kappa shape index (κ3) is 4.22. The Labute approximate surface area is 126 Å². The Morgan fingerprint density at radius 3 is 2.65 bits per heavy atom. The van der Waals surface area contributed by atoms with E-state index >= 15 is 0 Å². The molecule has 0 radical (unpaired) electrons. The van der Waals surface area contributed by atoms with E-state index in [1.807, 2.05) is 12.1 Å². The standard InChI is InChI=1S/C16H23ClN2O/c1-11-4-3-5-15(12(11)2)18-10-16(20)19-14-8-6-13(17)7-9-14/h6-9,11-12,15,18H,3-5,10H2,1-2H3,(H,19,20). The van der Waals surface area contributed by atoms with Crippen LogP contribution in [-0.2, 0) is 4.79 Å². The third-order valence-electron chi connectivity index (χ3n) is 4.36. The minimum atomic E-state index is -0.00208. The van der Waals surface area contributed by atoms with E-state index in [1.54, 1.807) is 12.1 Å². The molecule has 3 unspecified atom stereocenters. The Kier molecular flexibility index (Phi) is 5.44. The Balaban J connectivity index is 1.78. The zero-order chi connectivity index (χ0) is 14.5. The Bertz CT molecular complexity index is 446. The molecule has 0 bridgehead atoms. The summed E-state index contributed by atoms with van der Waals surface area (Å²) in [5.41, 5.74) is 0.784. The van der Waals surface area contributed by atoms with E-state index in [2.05, 4.69) is 24.5 Å². The summed E-state index contributed by atoms with van der Waals surface area (Å²) in [6, 6.07) is 7.62. The summed E-state index contributed by atoms with van der Waals surface area (Å²) in [6.45, 7) is 4.94. The van der Waals surface area contributed by atoms with Crippen molar-refractivity contribution in [3.05, 3.63) is 29.3 Å². The molecule has 0 saturated heterocycles. The van der Waals surface area contributed by atoms with Crippen LogP contribution in [0.5, 0.6) is 0 Å². The number of benzene rings is 1. The zero-order valence-electron chi connectivity index (χ0n) is 12.2. The van der Waals surface area contributed by atoms with E-state index in [4.69, 9.17) is 11.6 Å². The normalized spacial score (nSPS) is 26.2. The van der Waals surface area contributed by atoms with Gasteiger partial charge in [-0.25, -0.2) is 0 Å². The fourth-order valence-corrected chi connectivity index (χ4v) is 2.96. The molecule has 3 atom stereocenters. The van der Waals surface area contributed by atoms with Gasteiger partial charge in [-0.15, -0.1) is 0 Å². The van der Waals surface area contributed by atoms with Gasteiger partial charge in [0.05, 0.1) is 6.54 Å². The van der Waals surface area contributed by atoms with Crippen molar-refractivity contribution >= 4 is 23.2 Å².